The van der Waals surface area contributed by atoms with Gasteiger partial charge in [0.05, 0.1) is 10.7 Å². The van der Waals surface area contributed by atoms with Crippen LogP contribution in [0.2, 0.25) is 0 Å². The van der Waals surface area contributed by atoms with Crippen LogP contribution in [-0.4, -0.2) is 46.1 Å². The first-order valence-electron chi connectivity index (χ1n) is 7.39. The zero-order valence-electron chi connectivity index (χ0n) is 13.0. The number of aromatic nitrogens is 2. The number of hydrogen-bond donors (Lipinski definition) is 1. The van der Waals surface area contributed by atoms with E-state index < -0.39 is 5.97 Å². The minimum Gasteiger partial charge on any atom is -0.477 e. The summed E-state index contributed by atoms with van der Waals surface area (Å²) >= 11 is 1.30. The van der Waals surface area contributed by atoms with Gasteiger partial charge in [-0.15, -0.1) is 11.3 Å². The minimum atomic E-state index is -0.869. The maximum absolute atomic E-state index is 11.1. The second kappa shape index (κ2) is 8.00. The van der Waals surface area contributed by atoms with Crippen molar-refractivity contribution in [1.82, 2.24) is 14.9 Å². The fourth-order valence-electron chi connectivity index (χ4n) is 2.18. The predicted molar refractivity (Wildman–Crippen MR) is 87.6 cm³/mol. The topological polar surface area (TPSA) is 66.3 Å². The molecule has 0 amide bonds. The molecule has 0 saturated heterocycles. The number of nitrogens with zero attached hydrogens (tertiary/aromatic N) is 3. The van der Waals surface area contributed by atoms with Crippen molar-refractivity contribution in [2.75, 3.05) is 20.1 Å². The SMILES string of the molecule is CCc1nc(CCN(C)CCc2ccncc2)sc1C(=O)O. The standard InChI is InChI=1S/C16H21N3O2S/c1-3-13-15(16(20)21)22-14(18-13)7-11-19(2)10-6-12-4-8-17-9-5-12/h4-5,8-9H,3,6-7,10-11H2,1-2H3,(H,20,21). The summed E-state index contributed by atoms with van der Waals surface area (Å²) < 4.78 is 0. The molecule has 0 saturated carbocycles. The van der Waals surface area contributed by atoms with E-state index in [2.05, 4.69) is 21.9 Å². The Bertz CT molecular complexity index is 613. The Morgan fingerprint density at radius 3 is 2.55 bits per heavy atom. The molecule has 0 aromatic carbocycles. The molecular weight excluding hydrogens is 298 g/mol. The average Bonchev–Trinajstić information content (AvgIpc) is 2.95. The van der Waals surface area contributed by atoms with Crippen LogP contribution in [-0.2, 0) is 19.3 Å². The second-order valence-electron chi connectivity index (χ2n) is 5.20. The first kappa shape index (κ1) is 16.6. The van der Waals surface area contributed by atoms with Crippen LogP contribution >= 0.6 is 11.3 Å². The van der Waals surface area contributed by atoms with Gasteiger partial charge >= 0.3 is 5.97 Å². The van der Waals surface area contributed by atoms with Crippen LogP contribution in [0, 0.1) is 0 Å². The molecule has 22 heavy (non-hydrogen) atoms. The van der Waals surface area contributed by atoms with E-state index in [1.165, 1.54) is 16.9 Å². The zero-order valence-corrected chi connectivity index (χ0v) is 13.8. The van der Waals surface area contributed by atoms with Crippen LogP contribution in [0.15, 0.2) is 24.5 Å². The molecule has 0 unspecified atom stereocenters. The molecule has 0 bridgehead atoms. The van der Waals surface area contributed by atoms with Gasteiger partial charge in [-0.1, -0.05) is 6.92 Å². The summed E-state index contributed by atoms with van der Waals surface area (Å²) in [4.78, 5) is 22.2. The third kappa shape index (κ3) is 4.61. The number of carbonyl (C=O) groups is 1. The van der Waals surface area contributed by atoms with E-state index in [0.29, 0.717) is 17.0 Å². The molecule has 2 heterocycles. The Balaban J connectivity index is 1.83. The van der Waals surface area contributed by atoms with Crippen molar-refractivity contribution < 1.29 is 9.90 Å². The predicted octanol–water partition coefficient (Wildman–Crippen LogP) is 2.52. The van der Waals surface area contributed by atoms with Gasteiger partial charge in [0.15, 0.2) is 0 Å². The molecule has 2 aromatic rings. The highest BCUT2D eigenvalue weighted by molar-refractivity contribution is 7.13. The summed E-state index contributed by atoms with van der Waals surface area (Å²) in [5, 5.41) is 10.1. The fraction of sp³-hybridized carbons (Fsp3) is 0.438. The lowest BCUT2D eigenvalue weighted by Gasteiger charge is -2.15. The van der Waals surface area contributed by atoms with E-state index in [1.54, 1.807) is 0 Å². The fourth-order valence-corrected chi connectivity index (χ4v) is 3.16. The van der Waals surface area contributed by atoms with Crippen molar-refractivity contribution in [1.29, 1.82) is 0 Å². The largest absolute Gasteiger partial charge is 0.477 e. The Kier molecular flexibility index (Phi) is 6.03. The molecule has 0 atom stereocenters. The molecule has 0 fully saturated rings. The van der Waals surface area contributed by atoms with Gasteiger partial charge in [0, 0.05) is 31.9 Å². The maximum atomic E-state index is 11.1. The highest BCUT2D eigenvalue weighted by Crippen LogP contribution is 2.20. The molecule has 0 aliphatic rings. The highest BCUT2D eigenvalue weighted by Gasteiger charge is 2.15. The molecule has 1 N–H and O–H groups in total. The summed E-state index contributed by atoms with van der Waals surface area (Å²) in [5.74, 6) is -0.869. The summed E-state index contributed by atoms with van der Waals surface area (Å²) in [6, 6.07) is 4.06. The molecule has 5 nitrogen and oxygen atoms in total. The van der Waals surface area contributed by atoms with Crippen molar-refractivity contribution in [3.63, 3.8) is 0 Å². The summed E-state index contributed by atoms with van der Waals surface area (Å²) in [6.07, 6.45) is 6.06. The van der Waals surface area contributed by atoms with Crippen LogP contribution < -0.4 is 0 Å². The van der Waals surface area contributed by atoms with Gasteiger partial charge < -0.3 is 10.0 Å². The molecule has 6 heteroatoms. The number of carboxylic acid groups (broad SMARTS) is 1. The molecular formula is C16H21N3O2S. The van der Waals surface area contributed by atoms with E-state index in [4.69, 9.17) is 5.11 Å². The van der Waals surface area contributed by atoms with Crippen LogP contribution in [0.3, 0.4) is 0 Å². The Hall–Kier alpha value is -1.79. The Labute approximate surface area is 134 Å². The van der Waals surface area contributed by atoms with Crippen molar-refractivity contribution in [3.8, 4) is 0 Å². The molecule has 0 aliphatic heterocycles. The van der Waals surface area contributed by atoms with E-state index >= 15 is 0 Å². The number of carboxylic acids is 1. The smallest absolute Gasteiger partial charge is 0.347 e. The number of thiazole rings is 1. The zero-order chi connectivity index (χ0) is 15.9. The molecule has 118 valence electrons. The second-order valence-corrected chi connectivity index (χ2v) is 6.28. The van der Waals surface area contributed by atoms with Gasteiger partial charge in [-0.2, -0.15) is 0 Å². The Morgan fingerprint density at radius 1 is 1.27 bits per heavy atom. The van der Waals surface area contributed by atoms with Gasteiger partial charge in [0.25, 0.3) is 0 Å². The summed E-state index contributed by atoms with van der Waals surface area (Å²) in [7, 11) is 2.08. The van der Waals surface area contributed by atoms with Gasteiger partial charge in [0.2, 0.25) is 0 Å². The molecule has 0 aliphatic carbocycles. The van der Waals surface area contributed by atoms with Crippen LogP contribution in [0.4, 0.5) is 0 Å². The van der Waals surface area contributed by atoms with Crippen LogP contribution in [0.5, 0.6) is 0 Å². The third-order valence-electron chi connectivity index (χ3n) is 3.51. The molecule has 0 spiro atoms. The first-order valence-corrected chi connectivity index (χ1v) is 8.21. The van der Waals surface area contributed by atoms with Crippen molar-refractivity contribution in [2.45, 2.75) is 26.2 Å². The first-order chi connectivity index (χ1) is 10.6. The van der Waals surface area contributed by atoms with Gasteiger partial charge in [0.1, 0.15) is 4.88 Å². The van der Waals surface area contributed by atoms with Crippen LogP contribution in [0.25, 0.3) is 0 Å². The normalized spacial score (nSPS) is 11.0. The summed E-state index contributed by atoms with van der Waals surface area (Å²) in [6.45, 7) is 3.77. The molecule has 0 radical (unpaired) electrons. The van der Waals surface area contributed by atoms with Crippen molar-refractivity contribution in [3.05, 3.63) is 45.7 Å². The van der Waals surface area contributed by atoms with E-state index in [9.17, 15) is 4.79 Å². The summed E-state index contributed by atoms with van der Waals surface area (Å²) in [5.41, 5.74) is 1.98. The Morgan fingerprint density at radius 2 is 1.95 bits per heavy atom. The third-order valence-corrected chi connectivity index (χ3v) is 4.66. The number of pyridine rings is 1. The quantitative estimate of drug-likeness (QED) is 0.810. The van der Waals surface area contributed by atoms with E-state index in [1.807, 2.05) is 31.5 Å². The molecule has 2 aromatic heterocycles. The molecule has 2 rings (SSSR count). The van der Waals surface area contributed by atoms with Gasteiger partial charge in [-0.25, -0.2) is 9.78 Å². The van der Waals surface area contributed by atoms with E-state index in [-0.39, 0.29) is 0 Å². The highest BCUT2D eigenvalue weighted by atomic mass is 32.1. The van der Waals surface area contributed by atoms with E-state index in [0.717, 1.165) is 30.9 Å². The number of hydrogen-bond acceptors (Lipinski definition) is 5. The van der Waals surface area contributed by atoms with Crippen LogP contribution in [0.1, 0.15) is 32.9 Å². The lowest BCUT2D eigenvalue weighted by atomic mass is 10.2. The minimum absolute atomic E-state index is 0.386. The number of rotatable bonds is 8. The van der Waals surface area contributed by atoms with Crippen molar-refractivity contribution >= 4 is 17.3 Å². The lowest BCUT2D eigenvalue weighted by Crippen LogP contribution is -2.23. The van der Waals surface area contributed by atoms with Crippen molar-refractivity contribution in [2.24, 2.45) is 0 Å². The number of aromatic carboxylic acids is 1. The number of aryl methyl sites for hydroxylation is 1. The lowest BCUT2D eigenvalue weighted by molar-refractivity contribution is 0.0701. The monoisotopic (exact) mass is 319 g/mol. The van der Waals surface area contributed by atoms with Gasteiger partial charge in [-0.05, 0) is 37.6 Å². The maximum Gasteiger partial charge on any atom is 0.347 e. The average molecular weight is 319 g/mol. The van der Waals surface area contributed by atoms with Gasteiger partial charge in [-0.3, -0.25) is 4.98 Å². The number of likely N-dealkylation sites (N-methyl/N-ethyl adjacent to an activating group) is 1.